The number of methoxy groups -OCH3 is 1. The molecule has 2 heterocycles. The van der Waals surface area contributed by atoms with Gasteiger partial charge in [0.15, 0.2) is 0 Å². The predicted octanol–water partition coefficient (Wildman–Crippen LogP) is 4.27. The second kappa shape index (κ2) is 9.45. The summed E-state index contributed by atoms with van der Waals surface area (Å²) in [4.78, 5) is 2.55. The zero-order chi connectivity index (χ0) is 17.8. The SMILES string of the molecule is COc1ccccc1COC1CCN(Cc2cccc3c2NCC3)CC1.Cl. The van der Waals surface area contributed by atoms with Gasteiger partial charge in [-0.3, -0.25) is 4.90 Å². The number of piperidine rings is 1. The number of likely N-dealkylation sites (tertiary alicyclic amines) is 1. The molecule has 2 aromatic rings. The van der Waals surface area contributed by atoms with Crippen molar-refractivity contribution in [2.75, 3.05) is 32.1 Å². The number of nitrogens with zero attached hydrogens (tertiary/aromatic N) is 1. The third-order valence-electron chi connectivity index (χ3n) is 5.53. The molecule has 0 amide bonds. The van der Waals surface area contributed by atoms with Crippen LogP contribution in [0.15, 0.2) is 42.5 Å². The topological polar surface area (TPSA) is 33.7 Å². The molecule has 2 aliphatic rings. The Kier molecular flexibility index (Phi) is 7.00. The first kappa shape index (κ1) is 20.0. The fourth-order valence-electron chi connectivity index (χ4n) is 4.05. The molecule has 146 valence electrons. The van der Waals surface area contributed by atoms with Crippen LogP contribution in [-0.2, 0) is 24.3 Å². The second-order valence-corrected chi connectivity index (χ2v) is 7.23. The minimum Gasteiger partial charge on any atom is -0.496 e. The molecule has 0 atom stereocenters. The third-order valence-corrected chi connectivity index (χ3v) is 5.53. The van der Waals surface area contributed by atoms with Crippen molar-refractivity contribution in [3.8, 4) is 5.75 Å². The largest absolute Gasteiger partial charge is 0.496 e. The first-order valence-corrected chi connectivity index (χ1v) is 9.64. The maximum Gasteiger partial charge on any atom is 0.124 e. The van der Waals surface area contributed by atoms with Crippen molar-refractivity contribution in [1.29, 1.82) is 0 Å². The first-order chi connectivity index (χ1) is 12.8. The van der Waals surface area contributed by atoms with Gasteiger partial charge in [-0.2, -0.15) is 0 Å². The molecule has 0 spiro atoms. The van der Waals surface area contributed by atoms with Gasteiger partial charge in [-0.25, -0.2) is 0 Å². The maximum absolute atomic E-state index is 6.17. The summed E-state index contributed by atoms with van der Waals surface area (Å²) in [5, 5.41) is 3.55. The van der Waals surface area contributed by atoms with E-state index in [0.29, 0.717) is 12.7 Å². The molecule has 2 aliphatic heterocycles. The minimum atomic E-state index is 0. The van der Waals surface area contributed by atoms with E-state index in [-0.39, 0.29) is 12.4 Å². The van der Waals surface area contributed by atoms with Crippen molar-refractivity contribution >= 4 is 18.1 Å². The number of hydrogen-bond donors (Lipinski definition) is 1. The standard InChI is InChI=1S/C22H28N2O2.ClH/c1-25-21-8-3-2-5-19(21)16-26-20-10-13-24(14-11-20)15-18-7-4-6-17-9-12-23-22(17)18;/h2-8,20,23H,9-16H2,1H3;1H. The number of para-hydroxylation sites is 2. The molecular weight excluding hydrogens is 360 g/mol. The van der Waals surface area contributed by atoms with E-state index in [1.807, 2.05) is 18.2 Å². The fourth-order valence-corrected chi connectivity index (χ4v) is 4.05. The molecule has 0 bridgehead atoms. The molecule has 1 saturated heterocycles. The number of anilines is 1. The number of ether oxygens (including phenoxy) is 2. The lowest BCUT2D eigenvalue weighted by Crippen LogP contribution is -2.36. The third kappa shape index (κ3) is 4.75. The van der Waals surface area contributed by atoms with Crippen LogP contribution in [0.1, 0.15) is 29.5 Å². The van der Waals surface area contributed by atoms with Gasteiger partial charge in [0.25, 0.3) is 0 Å². The van der Waals surface area contributed by atoms with E-state index in [9.17, 15) is 0 Å². The number of rotatable bonds is 6. The number of fused-ring (bicyclic) bond motifs is 1. The molecule has 0 aliphatic carbocycles. The van der Waals surface area contributed by atoms with Gasteiger partial charge in [0, 0.05) is 37.4 Å². The van der Waals surface area contributed by atoms with Crippen LogP contribution in [0.3, 0.4) is 0 Å². The van der Waals surface area contributed by atoms with Gasteiger partial charge in [-0.1, -0.05) is 36.4 Å². The van der Waals surface area contributed by atoms with Gasteiger partial charge in [-0.15, -0.1) is 12.4 Å². The highest BCUT2D eigenvalue weighted by Gasteiger charge is 2.22. The highest BCUT2D eigenvalue weighted by Crippen LogP contribution is 2.28. The van der Waals surface area contributed by atoms with Gasteiger partial charge in [0.05, 0.1) is 19.8 Å². The Balaban J connectivity index is 0.00000210. The molecule has 5 heteroatoms. The van der Waals surface area contributed by atoms with Crippen molar-refractivity contribution in [1.82, 2.24) is 4.90 Å². The summed E-state index contributed by atoms with van der Waals surface area (Å²) in [6, 6.07) is 14.8. The number of benzene rings is 2. The molecule has 1 fully saturated rings. The van der Waals surface area contributed by atoms with E-state index in [1.165, 1.54) is 16.8 Å². The molecule has 2 aromatic carbocycles. The lowest BCUT2D eigenvalue weighted by Gasteiger charge is -2.32. The van der Waals surface area contributed by atoms with Crippen molar-refractivity contribution in [2.45, 2.75) is 38.5 Å². The summed E-state index contributed by atoms with van der Waals surface area (Å²) >= 11 is 0. The Morgan fingerprint density at radius 1 is 1.04 bits per heavy atom. The van der Waals surface area contributed by atoms with Crippen LogP contribution in [0, 0.1) is 0 Å². The quantitative estimate of drug-likeness (QED) is 0.801. The fraction of sp³-hybridized carbons (Fsp3) is 0.455. The van der Waals surface area contributed by atoms with E-state index in [0.717, 1.165) is 56.8 Å². The molecule has 0 saturated carbocycles. The Morgan fingerprint density at radius 2 is 1.81 bits per heavy atom. The zero-order valence-corrected chi connectivity index (χ0v) is 16.8. The van der Waals surface area contributed by atoms with E-state index in [4.69, 9.17) is 9.47 Å². The van der Waals surface area contributed by atoms with E-state index >= 15 is 0 Å². The minimum absolute atomic E-state index is 0. The highest BCUT2D eigenvalue weighted by atomic mass is 35.5. The van der Waals surface area contributed by atoms with Crippen LogP contribution in [-0.4, -0.2) is 37.7 Å². The molecule has 0 aromatic heterocycles. The Bertz CT molecular complexity index is 745. The van der Waals surface area contributed by atoms with Crippen LogP contribution in [0.2, 0.25) is 0 Å². The van der Waals surface area contributed by atoms with Gasteiger partial charge in [0.1, 0.15) is 5.75 Å². The second-order valence-electron chi connectivity index (χ2n) is 7.23. The van der Waals surface area contributed by atoms with E-state index < -0.39 is 0 Å². The molecule has 1 N–H and O–H groups in total. The molecule has 4 rings (SSSR count). The van der Waals surface area contributed by atoms with Crippen LogP contribution < -0.4 is 10.1 Å². The molecule has 0 unspecified atom stereocenters. The van der Waals surface area contributed by atoms with Crippen LogP contribution in [0.25, 0.3) is 0 Å². The molecular formula is C22H29ClN2O2. The number of hydrogen-bond acceptors (Lipinski definition) is 4. The van der Waals surface area contributed by atoms with Gasteiger partial charge in [0.2, 0.25) is 0 Å². The Labute approximate surface area is 168 Å². The number of halogens is 1. The molecule has 4 nitrogen and oxygen atoms in total. The van der Waals surface area contributed by atoms with Crippen molar-refractivity contribution in [3.63, 3.8) is 0 Å². The summed E-state index contributed by atoms with van der Waals surface area (Å²) < 4.78 is 11.6. The smallest absolute Gasteiger partial charge is 0.124 e. The van der Waals surface area contributed by atoms with Crippen LogP contribution >= 0.6 is 12.4 Å². The van der Waals surface area contributed by atoms with Crippen LogP contribution in [0.5, 0.6) is 5.75 Å². The molecule has 27 heavy (non-hydrogen) atoms. The molecule has 0 radical (unpaired) electrons. The van der Waals surface area contributed by atoms with Gasteiger partial charge < -0.3 is 14.8 Å². The monoisotopic (exact) mass is 388 g/mol. The maximum atomic E-state index is 6.17. The Hall–Kier alpha value is -1.75. The summed E-state index contributed by atoms with van der Waals surface area (Å²) in [5.74, 6) is 0.912. The summed E-state index contributed by atoms with van der Waals surface area (Å²) in [6.45, 7) is 4.94. The van der Waals surface area contributed by atoms with Crippen LogP contribution in [0.4, 0.5) is 5.69 Å². The van der Waals surface area contributed by atoms with Crippen molar-refractivity contribution in [3.05, 3.63) is 59.2 Å². The van der Waals surface area contributed by atoms with Gasteiger partial charge in [-0.05, 0) is 36.5 Å². The van der Waals surface area contributed by atoms with E-state index in [2.05, 4.69) is 34.5 Å². The average molecular weight is 389 g/mol. The van der Waals surface area contributed by atoms with Gasteiger partial charge >= 0.3 is 0 Å². The first-order valence-electron chi connectivity index (χ1n) is 9.64. The lowest BCUT2D eigenvalue weighted by atomic mass is 10.0. The Morgan fingerprint density at radius 3 is 2.63 bits per heavy atom. The summed E-state index contributed by atoms with van der Waals surface area (Å²) in [6.07, 6.45) is 3.69. The zero-order valence-electron chi connectivity index (χ0n) is 15.9. The number of nitrogens with one attached hydrogen (secondary N) is 1. The average Bonchev–Trinajstić information content (AvgIpc) is 3.17. The normalized spacial score (nSPS) is 17.1. The highest BCUT2D eigenvalue weighted by molar-refractivity contribution is 5.85. The van der Waals surface area contributed by atoms with E-state index in [1.54, 1.807) is 7.11 Å². The van der Waals surface area contributed by atoms with Crippen molar-refractivity contribution in [2.24, 2.45) is 0 Å². The predicted molar refractivity (Wildman–Crippen MR) is 112 cm³/mol. The van der Waals surface area contributed by atoms with Crippen molar-refractivity contribution < 1.29 is 9.47 Å². The summed E-state index contributed by atoms with van der Waals surface area (Å²) in [5.41, 5.74) is 5.41. The summed E-state index contributed by atoms with van der Waals surface area (Å²) in [7, 11) is 1.71. The lowest BCUT2D eigenvalue weighted by molar-refractivity contribution is -0.00452.